The topological polar surface area (TPSA) is 44.4 Å². The van der Waals surface area contributed by atoms with E-state index in [4.69, 9.17) is 0 Å². The van der Waals surface area contributed by atoms with Gasteiger partial charge in [-0.2, -0.15) is 0 Å². The molecule has 106 valence electrons. The molecular weight excluding hydrogens is 250 g/mol. The summed E-state index contributed by atoms with van der Waals surface area (Å²) in [5, 5.41) is 6.35. The van der Waals surface area contributed by atoms with E-state index in [1.165, 1.54) is 19.3 Å². The predicted molar refractivity (Wildman–Crippen MR) is 76.1 cm³/mol. The first-order valence-corrected chi connectivity index (χ1v) is 6.85. The van der Waals surface area contributed by atoms with Gasteiger partial charge in [0.25, 0.3) is 0 Å². The van der Waals surface area contributed by atoms with Crippen molar-refractivity contribution in [3.05, 3.63) is 0 Å². The molecule has 2 heterocycles. The van der Waals surface area contributed by atoms with Gasteiger partial charge in [-0.3, -0.25) is 9.69 Å². The van der Waals surface area contributed by atoms with E-state index in [9.17, 15) is 4.79 Å². The van der Waals surface area contributed by atoms with E-state index in [0.29, 0.717) is 0 Å². The third-order valence-corrected chi connectivity index (χ3v) is 4.28. The molecule has 5 heteroatoms. The third kappa shape index (κ3) is 3.59. The highest BCUT2D eigenvalue weighted by molar-refractivity contribution is 5.86. The average Bonchev–Trinajstić information content (AvgIpc) is 2.32. The molecule has 2 aliphatic rings. The van der Waals surface area contributed by atoms with Crippen LogP contribution in [0.4, 0.5) is 0 Å². The van der Waals surface area contributed by atoms with E-state index >= 15 is 0 Å². The molecule has 2 fully saturated rings. The number of carbonyl (C=O) groups excluding carboxylic acids is 1. The van der Waals surface area contributed by atoms with Gasteiger partial charge in [-0.25, -0.2) is 0 Å². The summed E-state index contributed by atoms with van der Waals surface area (Å²) >= 11 is 0. The smallest absolute Gasteiger partial charge is 0.239 e. The highest BCUT2D eigenvalue weighted by Crippen LogP contribution is 2.22. The van der Waals surface area contributed by atoms with Crippen molar-refractivity contribution in [3.8, 4) is 0 Å². The fourth-order valence-corrected chi connectivity index (χ4v) is 2.84. The minimum absolute atomic E-state index is 0. The number of amides is 1. The molecule has 0 aromatic rings. The summed E-state index contributed by atoms with van der Waals surface area (Å²) < 4.78 is 0. The summed E-state index contributed by atoms with van der Waals surface area (Å²) in [4.78, 5) is 14.2. The minimum Gasteiger partial charge on any atom is -0.353 e. The van der Waals surface area contributed by atoms with E-state index in [1.807, 2.05) is 13.8 Å². The van der Waals surface area contributed by atoms with Crippen LogP contribution < -0.4 is 10.6 Å². The van der Waals surface area contributed by atoms with Crippen LogP contribution in [-0.2, 0) is 4.79 Å². The van der Waals surface area contributed by atoms with Crippen LogP contribution in [0.25, 0.3) is 0 Å². The lowest BCUT2D eigenvalue weighted by Gasteiger charge is -2.42. The number of hydrogen-bond acceptors (Lipinski definition) is 3. The van der Waals surface area contributed by atoms with Crippen LogP contribution in [0, 0.1) is 5.92 Å². The normalized spacial score (nSPS) is 25.3. The van der Waals surface area contributed by atoms with Crippen molar-refractivity contribution in [2.75, 3.05) is 32.7 Å². The molecule has 0 unspecified atom stereocenters. The highest BCUT2D eigenvalue weighted by Gasteiger charge is 2.37. The monoisotopic (exact) mass is 275 g/mol. The van der Waals surface area contributed by atoms with Crippen LogP contribution in [-0.4, -0.2) is 49.1 Å². The lowest BCUT2D eigenvalue weighted by molar-refractivity contribution is -0.135. The Balaban J connectivity index is 0.00000162. The molecule has 0 aromatic heterocycles. The maximum Gasteiger partial charge on any atom is 0.239 e. The second-order valence-electron chi connectivity index (χ2n) is 5.78. The molecule has 18 heavy (non-hydrogen) atoms. The van der Waals surface area contributed by atoms with E-state index in [1.54, 1.807) is 0 Å². The van der Waals surface area contributed by atoms with Crippen molar-refractivity contribution in [1.82, 2.24) is 15.5 Å². The van der Waals surface area contributed by atoms with Gasteiger partial charge in [0, 0.05) is 13.1 Å². The second kappa shape index (κ2) is 6.73. The van der Waals surface area contributed by atoms with Gasteiger partial charge >= 0.3 is 0 Å². The van der Waals surface area contributed by atoms with Crippen LogP contribution in [0.1, 0.15) is 33.1 Å². The summed E-state index contributed by atoms with van der Waals surface area (Å²) in [6.45, 7) is 9.24. The van der Waals surface area contributed by atoms with Crippen molar-refractivity contribution in [1.29, 1.82) is 0 Å². The van der Waals surface area contributed by atoms with Gasteiger partial charge in [-0.05, 0) is 58.7 Å². The molecule has 0 bridgehead atoms. The number of carbonyl (C=O) groups is 1. The Kier molecular flexibility index (Phi) is 5.89. The van der Waals surface area contributed by atoms with Gasteiger partial charge in [0.2, 0.25) is 5.91 Å². The first-order chi connectivity index (χ1) is 8.10. The fourth-order valence-electron chi connectivity index (χ4n) is 2.84. The summed E-state index contributed by atoms with van der Waals surface area (Å²) in [7, 11) is 0. The number of nitrogens with zero attached hydrogens (tertiary/aromatic N) is 1. The Labute approximate surface area is 116 Å². The zero-order valence-corrected chi connectivity index (χ0v) is 12.3. The second-order valence-corrected chi connectivity index (χ2v) is 5.78. The van der Waals surface area contributed by atoms with Gasteiger partial charge in [-0.15, -0.1) is 12.4 Å². The number of piperazine rings is 1. The van der Waals surface area contributed by atoms with Crippen LogP contribution in [0.5, 0.6) is 0 Å². The molecular formula is C13H26ClN3O. The number of rotatable bonds is 3. The summed E-state index contributed by atoms with van der Waals surface area (Å²) in [6, 6.07) is 0. The van der Waals surface area contributed by atoms with Gasteiger partial charge in [0.05, 0.1) is 5.54 Å². The number of piperidine rings is 1. The Hall–Kier alpha value is -0.320. The van der Waals surface area contributed by atoms with Crippen LogP contribution in [0.2, 0.25) is 0 Å². The molecule has 2 aliphatic heterocycles. The van der Waals surface area contributed by atoms with Crippen molar-refractivity contribution < 1.29 is 4.79 Å². The first kappa shape index (κ1) is 15.7. The molecule has 0 aromatic carbocycles. The zero-order chi connectivity index (χ0) is 12.3. The fraction of sp³-hybridized carbons (Fsp3) is 0.923. The number of nitrogens with one attached hydrogen (secondary N) is 2. The van der Waals surface area contributed by atoms with E-state index in [2.05, 4.69) is 15.5 Å². The quantitative estimate of drug-likeness (QED) is 0.808. The Morgan fingerprint density at radius 1 is 1.28 bits per heavy atom. The lowest BCUT2D eigenvalue weighted by Crippen LogP contribution is -2.61. The van der Waals surface area contributed by atoms with E-state index < -0.39 is 0 Å². The summed E-state index contributed by atoms with van der Waals surface area (Å²) in [5.41, 5.74) is -0.328. The average molecular weight is 276 g/mol. The molecule has 0 saturated carbocycles. The molecule has 0 aliphatic carbocycles. The SMILES string of the molecule is CC1(C)C(=O)NCCN1CCC1CCNCC1.Cl. The minimum atomic E-state index is -0.328. The van der Waals surface area contributed by atoms with Crippen molar-refractivity contribution in [3.63, 3.8) is 0 Å². The predicted octanol–water partition coefficient (Wildman–Crippen LogP) is 1.01. The highest BCUT2D eigenvalue weighted by atomic mass is 35.5. The molecule has 4 nitrogen and oxygen atoms in total. The first-order valence-electron chi connectivity index (χ1n) is 6.85. The molecule has 0 radical (unpaired) electrons. The van der Waals surface area contributed by atoms with Gasteiger partial charge in [0.15, 0.2) is 0 Å². The maximum atomic E-state index is 11.8. The van der Waals surface area contributed by atoms with Crippen molar-refractivity contribution in [2.24, 2.45) is 5.92 Å². The van der Waals surface area contributed by atoms with Crippen LogP contribution in [0.3, 0.4) is 0 Å². The summed E-state index contributed by atoms with van der Waals surface area (Å²) in [6.07, 6.45) is 3.82. The van der Waals surface area contributed by atoms with Crippen LogP contribution >= 0.6 is 12.4 Å². The Morgan fingerprint density at radius 3 is 2.61 bits per heavy atom. The van der Waals surface area contributed by atoms with Gasteiger partial charge < -0.3 is 10.6 Å². The lowest BCUT2D eigenvalue weighted by atomic mass is 9.92. The Bertz CT molecular complexity index is 277. The molecule has 1 amide bonds. The van der Waals surface area contributed by atoms with Crippen molar-refractivity contribution >= 4 is 18.3 Å². The van der Waals surface area contributed by atoms with E-state index in [0.717, 1.165) is 38.6 Å². The standard InChI is InChI=1S/C13H25N3O.ClH/c1-13(2)12(17)15-8-10-16(13)9-5-11-3-6-14-7-4-11;/h11,14H,3-10H2,1-2H3,(H,15,17);1H. The van der Waals surface area contributed by atoms with Crippen molar-refractivity contribution in [2.45, 2.75) is 38.6 Å². The maximum absolute atomic E-state index is 11.8. The van der Waals surface area contributed by atoms with E-state index in [-0.39, 0.29) is 23.9 Å². The Morgan fingerprint density at radius 2 is 1.94 bits per heavy atom. The van der Waals surface area contributed by atoms with Crippen LogP contribution in [0.15, 0.2) is 0 Å². The molecule has 2 rings (SSSR count). The summed E-state index contributed by atoms with van der Waals surface area (Å²) in [5.74, 6) is 1.02. The van der Waals surface area contributed by atoms with Gasteiger partial charge in [0.1, 0.15) is 0 Å². The molecule has 2 saturated heterocycles. The number of halogens is 1. The number of hydrogen-bond donors (Lipinski definition) is 2. The third-order valence-electron chi connectivity index (χ3n) is 4.28. The molecule has 2 N–H and O–H groups in total. The largest absolute Gasteiger partial charge is 0.353 e. The molecule has 0 spiro atoms. The zero-order valence-electron chi connectivity index (χ0n) is 11.5. The van der Waals surface area contributed by atoms with Gasteiger partial charge in [-0.1, -0.05) is 0 Å². The molecule has 0 atom stereocenters.